The maximum absolute atomic E-state index is 12.6. The molecule has 1 aliphatic heterocycles. The summed E-state index contributed by atoms with van der Waals surface area (Å²) >= 11 is 1.33. The number of nitrogens with zero attached hydrogens (tertiary/aromatic N) is 5. The van der Waals surface area contributed by atoms with E-state index in [0.717, 1.165) is 0 Å². The molecule has 0 unspecified atom stereocenters. The molecule has 0 saturated carbocycles. The summed E-state index contributed by atoms with van der Waals surface area (Å²) in [5.74, 6) is -1.23. The highest BCUT2D eigenvalue weighted by atomic mass is 32.1. The molecule has 0 aliphatic carbocycles. The zero-order valence-corrected chi connectivity index (χ0v) is 11.9. The van der Waals surface area contributed by atoms with Crippen molar-refractivity contribution in [3.63, 3.8) is 0 Å². The predicted molar refractivity (Wildman–Crippen MR) is 73.3 cm³/mol. The first-order valence-electron chi connectivity index (χ1n) is 6.49. The van der Waals surface area contributed by atoms with Crippen LogP contribution in [0.25, 0.3) is 5.69 Å². The molecule has 0 spiro atoms. The predicted octanol–water partition coefficient (Wildman–Crippen LogP) is 0.661. The van der Waals surface area contributed by atoms with Gasteiger partial charge in [-0.1, -0.05) is 0 Å². The van der Waals surface area contributed by atoms with Crippen molar-refractivity contribution in [2.24, 2.45) is 5.92 Å². The van der Waals surface area contributed by atoms with Crippen molar-refractivity contribution in [1.29, 1.82) is 0 Å². The lowest BCUT2D eigenvalue weighted by Gasteiger charge is -2.30. The molecule has 1 saturated heterocycles. The standard InChI is InChI=1S/C12H13N5O3S/c18-11(16-4-1-8(2-5-16)12(19)20)10-9(3-6-21-10)17-7-13-14-15-17/h3,6-8H,1-2,4-5H2,(H,19,20). The molecule has 9 heteroatoms. The van der Waals surface area contributed by atoms with Gasteiger partial charge in [-0.25, -0.2) is 0 Å². The summed E-state index contributed by atoms with van der Waals surface area (Å²) in [7, 11) is 0. The minimum absolute atomic E-state index is 0.0978. The van der Waals surface area contributed by atoms with E-state index in [4.69, 9.17) is 5.11 Å². The number of hydrogen-bond acceptors (Lipinski definition) is 6. The fourth-order valence-electron chi connectivity index (χ4n) is 2.39. The SMILES string of the molecule is O=C(O)C1CCN(C(=O)c2sccc2-n2cnnn2)CC1. The number of rotatable bonds is 3. The van der Waals surface area contributed by atoms with Gasteiger partial charge < -0.3 is 10.0 Å². The Kier molecular flexibility index (Phi) is 3.65. The van der Waals surface area contributed by atoms with Crippen molar-refractivity contribution in [3.05, 3.63) is 22.7 Å². The smallest absolute Gasteiger partial charge is 0.306 e. The maximum Gasteiger partial charge on any atom is 0.306 e. The van der Waals surface area contributed by atoms with Crippen molar-refractivity contribution in [1.82, 2.24) is 25.1 Å². The molecular formula is C12H13N5O3S. The second-order valence-corrected chi connectivity index (χ2v) is 5.71. The minimum Gasteiger partial charge on any atom is -0.481 e. The largest absolute Gasteiger partial charge is 0.481 e. The molecule has 1 aliphatic rings. The fourth-order valence-corrected chi connectivity index (χ4v) is 3.23. The van der Waals surface area contributed by atoms with Gasteiger partial charge in [-0.3, -0.25) is 9.59 Å². The van der Waals surface area contributed by atoms with Gasteiger partial charge in [0.05, 0.1) is 11.6 Å². The quantitative estimate of drug-likeness (QED) is 0.894. The zero-order chi connectivity index (χ0) is 14.8. The number of carbonyl (C=O) groups excluding carboxylic acids is 1. The molecule has 8 nitrogen and oxygen atoms in total. The molecule has 0 bridgehead atoms. The van der Waals surface area contributed by atoms with Gasteiger partial charge in [-0.15, -0.1) is 16.4 Å². The Bertz CT molecular complexity index is 646. The normalized spacial score (nSPS) is 16.1. The molecule has 1 N–H and O–H groups in total. The topological polar surface area (TPSA) is 101 Å². The Morgan fingerprint density at radius 1 is 1.33 bits per heavy atom. The average molecular weight is 307 g/mol. The molecule has 0 aromatic carbocycles. The highest BCUT2D eigenvalue weighted by Crippen LogP contribution is 2.25. The van der Waals surface area contributed by atoms with E-state index >= 15 is 0 Å². The number of aliphatic carboxylic acids is 1. The van der Waals surface area contributed by atoms with Crippen LogP contribution in [0.4, 0.5) is 0 Å². The van der Waals surface area contributed by atoms with E-state index in [9.17, 15) is 9.59 Å². The molecule has 0 radical (unpaired) electrons. The molecular weight excluding hydrogens is 294 g/mol. The Labute approximate surface area is 124 Å². The fraction of sp³-hybridized carbons (Fsp3) is 0.417. The molecule has 1 amide bonds. The number of aromatic nitrogens is 4. The van der Waals surface area contributed by atoms with E-state index in [2.05, 4.69) is 15.5 Å². The highest BCUT2D eigenvalue weighted by Gasteiger charge is 2.29. The number of hydrogen-bond donors (Lipinski definition) is 1. The third-order valence-electron chi connectivity index (χ3n) is 3.57. The molecule has 3 rings (SSSR count). The van der Waals surface area contributed by atoms with E-state index in [1.54, 1.807) is 11.0 Å². The lowest BCUT2D eigenvalue weighted by atomic mass is 9.97. The molecule has 0 atom stereocenters. The summed E-state index contributed by atoms with van der Waals surface area (Å²) in [6.07, 6.45) is 2.43. The number of likely N-dealkylation sites (tertiary alicyclic amines) is 1. The third kappa shape index (κ3) is 2.64. The summed E-state index contributed by atoms with van der Waals surface area (Å²) in [5.41, 5.74) is 0.648. The van der Waals surface area contributed by atoms with Crippen LogP contribution in [0.15, 0.2) is 17.8 Å². The lowest BCUT2D eigenvalue weighted by molar-refractivity contribution is -0.143. The molecule has 110 valence electrons. The van der Waals surface area contributed by atoms with Crippen LogP contribution in [-0.2, 0) is 4.79 Å². The van der Waals surface area contributed by atoms with Gasteiger partial charge in [0.15, 0.2) is 0 Å². The molecule has 3 heterocycles. The van der Waals surface area contributed by atoms with Crippen molar-refractivity contribution in [2.45, 2.75) is 12.8 Å². The van der Waals surface area contributed by atoms with Gasteiger partial charge in [0, 0.05) is 13.1 Å². The van der Waals surface area contributed by atoms with E-state index in [0.29, 0.717) is 36.5 Å². The van der Waals surface area contributed by atoms with E-state index < -0.39 is 5.97 Å². The summed E-state index contributed by atoms with van der Waals surface area (Å²) in [6, 6.07) is 1.79. The highest BCUT2D eigenvalue weighted by molar-refractivity contribution is 7.12. The molecule has 2 aromatic rings. The number of piperidine rings is 1. The summed E-state index contributed by atoms with van der Waals surface area (Å²) in [4.78, 5) is 25.8. The Morgan fingerprint density at radius 3 is 2.71 bits per heavy atom. The van der Waals surface area contributed by atoms with Gasteiger partial charge >= 0.3 is 5.97 Å². The Morgan fingerprint density at radius 2 is 2.10 bits per heavy atom. The summed E-state index contributed by atoms with van der Waals surface area (Å²) < 4.78 is 1.45. The van der Waals surface area contributed by atoms with Gasteiger partial charge in [0.1, 0.15) is 11.2 Å². The van der Waals surface area contributed by atoms with Gasteiger partial charge in [-0.2, -0.15) is 4.68 Å². The van der Waals surface area contributed by atoms with Crippen LogP contribution >= 0.6 is 11.3 Å². The third-order valence-corrected chi connectivity index (χ3v) is 4.46. The van der Waals surface area contributed by atoms with Crippen LogP contribution in [-0.4, -0.2) is 55.2 Å². The Hall–Kier alpha value is -2.29. The van der Waals surface area contributed by atoms with Crippen LogP contribution in [0.1, 0.15) is 22.5 Å². The van der Waals surface area contributed by atoms with Crippen LogP contribution < -0.4 is 0 Å². The van der Waals surface area contributed by atoms with Crippen LogP contribution in [0.3, 0.4) is 0 Å². The van der Waals surface area contributed by atoms with E-state index in [1.807, 2.05) is 5.38 Å². The number of tetrazole rings is 1. The van der Waals surface area contributed by atoms with Crippen molar-refractivity contribution in [3.8, 4) is 5.69 Å². The summed E-state index contributed by atoms with van der Waals surface area (Å²) in [5, 5.41) is 21.7. The van der Waals surface area contributed by atoms with Crippen LogP contribution in [0.5, 0.6) is 0 Å². The number of carboxylic acids is 1. The first-order chi connectivity index (χ1) is 10.2. The van der Waals surface area contributed by atoms with Crippen molar-refractivity contribution >= 4 is 23.2 Å². The van der Waals surface area contributed by atoms with E-state index in [-0.39, 0.29) is 11.8 Å². The molecule has 1 fully saturated rings. The number of thiophene rings is 1. The average Bonchev–Trinajstić information content (AvgIpc) is 3.17. The molecule has 2 aromatic heterocycles. The monoisotopic (exact) mass is 307 g/mol. The first kappa shape index (κ1) is 13.7. The maximum atomic E-state index is 12.6. The van der Waals surface area contributed by atoms with Crippen LogP contribution in [0.2, 0.25) is 0 Å². The number of carbonyl (C=O) groups is 2. The Balaban J connectivity index is 1.75. The van der Waals surface area contributed by atoms with Crippen LogP contribution in [0, 0.1) is 5.92 Å². The van der Waals surface area contributed by atoms with Gasteiger partial charge in [0.2, 0.25) is 0 Å². The van der Waals surface area contributed by atoms with Gasteiger partial charge in [0.25, 0.3) is 5.91 Å². The van der Waals surface area contributed by atoms with E-state index in [1.165, 1.54) is 22.3 Å². The van der Waals surface area contributed by atoms with Crippen molar-refractivity contribution < 1.29 is 14.7 Å². The minimum atomic E-state index is -0.785. The summed E-state index contributed by atoms with van der Waals surface area (Å²) in [6.45, 7) is 0.922. The number of carboxylic acid groups (broad SMARTS) is 1. The lowest BCUT2D eigenvalue weighted by Crippen LogP contribution is -2.40. The van der Waals surface area contributed by atoms with Crippen molar-refractivity contribution in [2.75, 3.05) is 13.1 Å². The second kappa shape index (κ2) is 5.60. The second-order valence-electron chi connectivity index (χ2n) is 4.79. The number of amides is 1. The molecule has 21 heavy (non-hydrogen) atoms. The van der Waals surface area contributed by atoms with Gasteiger partial charge in [-0.05, 0) is 34.7 Å². The zero-order valence-electron chi connectivity index (χ0n) is 11.0. The first-order valence-corrected chi connectivity index (χ1v) is 7.37.